The van der Waals surface area contributed by atoms with Gasteiger partial charge in [-0.25, -0.2) is 0 Å². The van der Waals surface area contributed by atoms with Crippen LogP contribution in [-0.4, -0.2) is 26.7 Å². The summed E-state index contributed by atoms with van der Waals surface area (Å²) in [5.74, 6) is -0.364. The van der Waals surface area contributed by atoms with Crippen molar-refractivity contribution in [2.45, 2.75) is 6.92 Å². The average Bonchev–Trinajstić information content (AvgIpc) is 2.80. The molecule has 0 aliphatic carbocycles. The summed E-state index contributed by atoms with van der Waals surface area (Å²) in [5.41, 5.74) is 7.57. The van der Waals surface area contributed by atoms with E-state index in [1.54, 1.807) is 30.8 Å². The second-order valence-corrected chi connectivity index (χ2v) is 4.81. The highest BCUT2D eigenvalue weighted by atomic mass is 35.5. The smallest absolute Gasteiger partial charge is 0.259 e. The highest BCUT2D eigenvalue weighted by Crippen LogP contribution is 2.24. The Kier molecular flexibility index (Phi) is 4.13. The molecule has 7 nitrogen and oxygen atoms in total. The quantitative estimate of drug-likeness (QED) is 0.347. The molecule has 0 aliphatic rings. The number of benzene rings is 1. The Morgan fingerprint density at radius 2 is 2.24 bits per heavy atom. The molecule has 0 saturated carbocycles. The highest BCUT2D eigenvalue weighted by molar-refractivity contribution is 6.34. The summed E-state index contributed by atoms with van der Waals surface area (Å²) in [6.07, 6.45) is 1.49. The molecular formula is C13H14ClN5O2. The molecule has 0 spiro atoms. The molecule has 4 N–H and O–H groups in total. The summed E-state index contributed by atoms with van der Waals surface area (Å²) in [5, 5.41) is 18.5. The number of amidine groups is 1. The second-order valence-electron chi connectivity index (χ2n) is 4.40. The Labute approximate surface area is 126 Å². The minimum Gasteiger partial charge on any atom is -0.409 e. The molecular weight excluding hydrogens is 294 g/mol. The van der Waals surface area contributed by atoms with Crippen molar-refractivity contribution in [1.82, 2.24) is 9.78 Å². The Balaban J connectivity index is 2.24. The first-order chi connectivity index (χ1) is 9.93. The number of hydrogen-bond donors (Lipinski definition) is 3. The third-order valence-electron chi connectivity index (χ3n) is 3.10. The number of halogens is 1. The number of hydrogen-bond acceptors (Lipinski definition) is 4. The summed E-state index contributed by atoms with van der Waals surface area (Å²) in [4.78, 5) is 12.2. The summed E-state index contributed by atoms with van der Waals surface area (Å²) >= 11 is 6.08. The molecule has 0 fully saturated rings. The van der Waals surface area contributed by atoms with Crippen LogP contribution in [0.3, 0.4) is 0 Å². The molecule has 2 rings (SSSR count). The molecule has 1 aromatic heterocycles. The van der Waals surface area contributed by atoms with Crippen LogP contribution in [0.25, 0.3) is 0 Å². The van der Waals surface area contributed by atoms with Gasteiger partial charge < -0.3 is 16.3 Å². The van der Waals surface area contributed by atoms with E-state index in [1.165, 1.54) is 12.3 Å². The van der Waals surface area contributed by atoms with Gasteiger partial charge in [-0.2, -0.15) is 5.10 Å². The van der Waals surface area contributed by atoms with Gasteiger partial charge in [-0.05, 0) is 25.1 Å². The van der Waals surface area contributed by atoms with E-state index in [2.05, 4.69) is 15.6 Å². The summed E-state index contributed by atoms with van der Waals surface area (Å²) in [7, 11) is 1.75. The normalized spacial score (nSPS) is 11.5. The van der Waals surface area contributed by atoms with Crippen molar-refractivity contribution >= 4 is 29.0 Å². The molecule has 1 aromatic carbocycles. The van der Waals surface area contributed by atoms with Crippen LogP contribution in [-0.2, 0) is 7.05 Å². The fourth-order valence-corrected chi connectivity index (χ4v) is 1.97. The van der Waals surface area contributed by atoms with E-state index in [4.69, 9.17) is 22.5 Å². The number of carbonyl (C=O) groups excluding carboxylic acids is 1. The molecule has 21 heavy (non-hydrogen) atoms. The summed E-state index contributed by atoms with van der Waals surface area (Å²) < 4.78 is 1.61. The number of aromatic nitrogens is 2. The van der Waals surface area contributed by atoms with Gasteiger partial charge in [0, 0.05) is 18.3 Å². The molecule has 0 saturated heterocycles. The van der Waals surface area contributed by atoms with Crippen molar-refractivity contribution in [2.24, 2.45) is 17.9 Å². The van der Waals surface area contributed by atoms with Gasteiger partial charge in [0.2, 0.25) is 0 Å². The van der Waals surface area contributed by atoms with Crippen LogP contribution in [0.4, 0.5) is 5.69 Å². The fourth-order valence-electron chi connectivity index (χ4n) is 1.74. The monoisotopic (exact) mass is 307 g/mol. The van der Waals surface area contributed by atoms with Crippen molar-refractivity contribution in [2.75, 3.05) is 5.32 Å². The summed E-state index contributed by atoms with van der Waals surface area (Å²) in [6, 6.07) is 4.67. The minimum absolute atomic E-state index is 0.0575. The average molecular weight is 308 g/mol. The van der Waals surface area contributed by atoms with E-state index >= 15 is 0 Å². The van der Waals surface area contributed by atoms with Crippen LogP contribution < -0.4 is 11.1 Å². The van der Waals surface area contributed by atoms with Crippen LogP contribution in [0.1, 0.15) is 21.6 Å². The second kappa shape index (κ2) is 5.84. The number of nitrogens with zero attached hydrogens (tertiary/aromatic N) is 3. The van der Waals surface area contributed by atoms with Crippen molar-refractivity contribution in [3.8, 4) is 0 Å². The summed E-state index contributed by atoms with van der Waals surface area (Å²) in [6.45, 7) is 1.80. The number of anilines is 1. The van der Waals surface area contributed by atoms with Gasteiger partial charge in [0.05, 0.1) is 22.5 Å². The molecule has 0 aliphatic heterocycles. The predicted molar refractivity (Wildman–Crippen MR) is 79.9 cm³/mol. The molecule has 2 aromatic rings. The zero-order chi connectivity index (χ0) is 15.6. The lowest BCUT2D eigenvalue weighted by molar-refractivity contribution is 0.102. The number of rotatable bonds is 3. The molecule has 8 heteroatoms. The predicted octanol–water partition coefficient (Wildman–Crippen LogP) is 1.73. The Morgan fingerprint density at radius 1 is 1.52 bits per heavy atom. The maximum atomic E-state index is 12.2. The standard InChI is InChI=1S/C13H14ClN5O2/c1-7-9(6-16-19(7)2)13(20)17-11-4-3-8(5-10(11)14)12(15)18-21/h3-6,21H,1-2H3,(H2,15,18)(H,17,20). The maximum Gasteiger partial charge on any atom is 0.259 e. The lowest BCUT2D eigenvalue weighted by Gasteiger charge is -2.08. The van der Waals surface area contributed by atoms with Crippen molar-refractivity contribution in [3.63, 3.8) is 0 Å². The SMILES string of the molecule is Cc1c(C(=O)Nc2ccc(/C(N)=N/O)cc2Cl)cnn1C. The molecule has 0 bridgehead atoms. The number of aryl methyl sites for hydroxylation is 1. The van der Waals surface area contributed by atoms with Crippen molar-refractivity contribution < 1.29 is 10.0 Å². The minimum atomic E-state index is -0.306. The lowest BCUT2D eigenvalue weighted by Crippen LogP contribution is -2.15. The van der Waals surface area contributed by atoms with Crippen LogP contribution in [0.5, 0.6) is 0 Å². The van der Waals surface area contributed by atoms with Gasteiger partial charge in [0.1, 0.15) is 0 Å². The van der Waals surface area contributed by atoms with Gasteiger partial charge >= 0.3 is 0 Å². The topological polar surface area (TPSA) is 106 Å². The van der Waals surface area contributed by atoms with E-state index in [0.717, 1.165) is 5.69 Å². The number of oxime groups is 1. The zero-order valence-electron chi connectivity index (χ0n) is 11.5. The lowest BCUT2D eigenvalue weighted by atomic mass is 10.2. The molecule has 0 atom stereocenters. The maximum absolute atomic E-state index is 12.2. The highest BCUT2D eigenvalue weighted by Gasteiger charge is 2.14. The first-order valence-corrected chi connectivity index (χ1v) is 6.39. The zero-order valence-corrected chi connectivity index (χ0v) is 12.2. The van der Waals surface area contributed by atoms with E-state index in [0.29, 0.717) is 16.8 Å². The van der Waals surface area contributed by atoms with Gasteiger partial charge in [0.15, 0.2) is 5.84 Å². The van der Waals surface area contributed by atoms with Crippen molar-refractivity contribution in [1.29, 1.82) is 0 Å². The number of carbonyl (C=O) groups is 1. The van der Waals surface area contributed by atoms with Crippen LogP contribution in [0, 0.1) is 6.92 Å². The van der Waals surface area contributed by atoms with Gasteiger partial charge in [-0.15, -0.1) is 0 Å². The first kappa shape index (κ1) is 14.9. The van der Waals surface area contributed by atoms with Crippen LogP contribution in [0.15, 0.2) is 29.6 Å². The van der Waals surface area contributed by atoms with Crippen LogP contribution >= 0.6 is 11.6 Å². The van der Waals surface area contributed by atoms with Crippen molar-refractivity contribution in [3.05, 3.63) is 46.2 Å². The number of amides is 1. The van der Waals surface area contributed by atoms with E-state index in [9.17, 15) is 4.79 Å². The van der Waals surface area contributed by atoms with Gasteiger partial charge in [-0.1, -0.05) is 16.8 Å². The third kappa shape index (κ3) is 2.97. The Morgan fingerprint density at radius 3 is 2.76 bits per heavy atom. The molecule has 110 valence electrons. The molecule has 0 unspecified atom stereocenters. The van der Waals surface area contributed by atoms with Crippen LogP contribution in [0.2, 0.25) is 5.02 Å². The van der Waals surface area contributed by atoms with E-state index in [-0.39, 0.29) is 16.8 Å². The first-order valence-electron chi connectivity index (χ1n) is 6.01. The largest absolute Gasteiger partial charge is 0.409 e. The Hall–Kier alpha value is -2.54. The number of nitrogens with two attached hydrogens (primary N) is 1. The van der Waals surface area contributed by atoms with E-state index < -0.39 is 0 Å². The fraction of sp³-hybridized carbons (Fsp3) is 0.154. The third-order valence-corrected chi connectivity index (χ3v) is 3.41. The molecule has 0 radical (unpaired) electrons. The van der Waals surface area contributed by atoms with Gasteiger partial charge in [-0.3, -0.25) is 9.48 Å². The number of nitrogens with one attached hydrogen (secondary N) is 1. The van der Waals surface area contributed by atoms with Gasteiger partial charge in [0.25, 0.3) is 5.91 Å². The van der Waals surface area contributed by atoms with E-state index in [1.807, 2.05) is 0 Å². The molecule has 1 heterocycles. The molecule has 1 amide bonds. The Bertz CT molecular complexity index is 723.